The van der Waals surface area contributed by atoms with Gasteiger partial charge in [0.2, 0.25) is 0 Å². The van der Waals surface area contributed by atoms with Gasteiger partial charge >= 0.3 is 5.97 Å². The number of carbonyl (C=O) groups is 1. The lowest BCUT2D eigenvalue weighted by atomic mass is 10.0. The number of rotatable bonds is 4. The summed E-state index contributed by atoms with van der Waals surface area (Å²) in [5, 5.41) is 8.64. The number of ether oxygens (including phenoxy) is 1. The number of para-hydroxylation sites is 1. The number of benzene rings is 2. The van der Waals surface area contributed by atoms with Gasteiger partial charge in [0, 0.05) is 16.7 Å². The molecule has 0 amide bonds. The average Bonchev–Trinajstić information content (AvgIpc) is 2.42. The highest BCUT2D eigenvalue weighted by Crippen LogP contribution is 2.32. The number of carboxylic acids is 1. The molecule has 0 aliphatic rings. The van der Waals surface area contributed by atoms with Crippen LogP contribution in [-0.2, 0) is 11.2 Å². The number of hydrogen-bond acceptors (Lipinski definition) is 2. The van der Waals surface area contributed by atoms with Crippen LogP contribution in [-0.4, -0.2) is 18.2 Å². The summed E-state index contributed by atoms with van der Waals surface area (Å²) in [6.45, 7) is 0. The van der Waals surface area contributed by atoms with Crippen molar-refractivity contribution in [2.45, 2.75) is 6.42 Å². The summed E-state index contributed by atoms with van der Waals surface area (Å²) in [6.07, 6.45) is -0.561. The van der Waals surface area contributed by atoms with Crippen molar-refractivity contribution in [2.75, 3.05) is 7.11 Å². The molecule has 1 N–H and O–H groups in total. The van der Waals surface area contributed by atoms with E-state index < -0.39 is 24.0 Å². The number of hydrogen-bond donors (Lipinski definition) is 1. The molecule has 20 heavy (non-hydrogen) atoms. The van der Waals surface area contributed by atoms with E-state index in [9.17, 15) is 13.6 Å². The Bertz CT molecular complexity index is 654. The number of methoxy groups -OCH3 is 1. The molecule has 2 aromatic rings. The lowest BCUT2D eigenvalue weighted by Gasteiger charge is -2.11. The Morgan fingerprint density at radius 1 is 1.15 bits per heavy atom. The smallest absolute Gasteiger partial charge is 0.307 e. The minimum Gasteiger partial charge on any atom is -0.496 e. The van der Waals surface area contributed by atoms with E-state index in [0.29, 0.717) is 11.3 Å². The molecule has 0 aliphatic heterocycles. The number of carboxylic acid groups (broad SMARTS) is 1. The van der Waals surface area contributed by atoms with Crippen molar-refractivity contribution >= 4 is 5.97 Å². The molecular weight excluding hydrogens is 266 g/mol. The van der Waals surface area contributed by atoms with Gasteiger partial charge in [0.1, 0.15) is 17.4 Å². The third-order valence-electron chi connectivity index (χ3n) is 2.87. The molecule has 0 radical (unpaired) electrons. The first kappa shape index (κ1) is 14.0. The molecule has 0 spiro atoms. The highest BCUT2D eigenvalue weighted by Gasteiger charge is 2.16. The van der Waals surface area contributed by atoms with Gasteiger partial charge < -0.3 is 9.84 Å². The lowest BCUT2D eigenvalue weighted by Crippen LogP contribution is -2.04. The fourth-order valence-corrected chi connectivity index (χ4v) is 1.96. The van der Waals surface area contributed by atoms with Crippen molar-refractivity contribution < 1.29 is 23.4 Å². The van der Waals surface area contributed by atoms with Gasteiger partial charge in [-0.25, -0.2) is 8.78 Å². The Morgan fingerprint density at radius 3 is 2.50 bits per heavy atom. The molecule has 0 unspecified atom stereocenters. The Morgan fingerprint density at radius 2 is 1.85 bits per heavy atom. The highest BCUT2D eigenvalue weighted by atomic mass is 19.1. The second kappa shape index (κ2) is 5.69. The number of halogens is 2. The molecule has 2 rings (SSSR count). The molecule has 104 valence electrons. The molecule has 0 saturated carbocycles. The van der Waals surface area contributed by atoms with Crippen LogP contribution in [0.4, 0.5) is 8.78 Å². The SMILES string of the molecule is COc1ccccc1-c1cc(F)c(CC(=O)O)cc1F. The molecule has 0 atom stereocenters. The second-order valence-corrected chi connectivity index (χ2v) is 4.19. The zero-order valence-corrected chi connectivity index (χ0v) is 10.7. The second-order valence-electron chi connectivity index (χ2n) is 4.19. The van der Waals surface area contributed by atoms with Crippen molar-refractivity contribution in [3.8, 4) is 16.9 Å². The van der Waals surface area contributed by atoms with Gasteiger partial charge in [-0.05, 0) is 18.2 Å². The Kier molecular flexibility index (Phi) is 3.98. The summed E-state index contributed by atoms with van der Waals surface area (Å²) >= 11 is 0. The molecule has 3 nitrogen and oxygen atoms in total. The van der Waals surface area contributed by atoms with Crippen LogP contribution in [0.15, 0.2) is 36.4 Å². The van der Waals surface area contributed by atoms with E-state index in [1.54, 1.807) is 24.3 Å². The van der Waals surface area contributed by atoms with Gasteiger partial charge in [-0.3, -0.25) is 4.79 Å². The van der Waals surface area contributed by atoms with Crippen LogP contribution in [0.5, 0.6) is 5.75 Å². The summed E-state index contributed by atoms with van der Waals surface area (Å²) in [4.78, 5) is 10.6. The topological polar surface area (TPSA) is 46.5 Å². The number of aliphatic carboxylic acids is 1. The summed E-state index contributed by atoms with van der Waals surface area (Å²) in [5.74, 6) is -2.24. The Balaban J connectivity index is 2.53. The predicted octanol–water partition coefficient (Wildman–Crippen LogP) is 3.27. The van der Waals surface area contributed by atoms with E-state index >= 15 is 0 Å². The zero-order chi connectivity index (χ0) is 14.7. The van der Waals surface area contributed by atoms with Crippen molar-refractivity contribution in [1.29, 1.82) is 0 Å². The van der Waals surface area contributed by atoms with Gasteiger partial charge in [-0.15, -0.1) is 0 Å². The molecule has 0 aromatic heterocycles. The first-order chi connectivity index (χ1) is 9.52. The van der Waals surface area contributed by atoms with Crippen LogP contribution < -0.4 is 4.74 Å². The average molecular weight is 278 g/mol. The van der Waals surface area contributed by atoms with Crippen LogP contribution in [0.2, 0.25) is 0 Å². The highest BCUT2D eigenvalue weighted by molar-refractivity contribution is 5.73. The van der Waals surface area contributed by atoms with E-state index in [4.69, 9.17) is 9.84 Å². The molecule has 5 heteroatoms. The van der Waals surface area contributed by atoms with Gasteiger partial charge in [0.05, 0.1) is 13.5 Å². The van der Waals surface area contributed by atoms with Crippen molar-refractivity contribution in [2.24, 2.45) is 0 Å². The standard InChI is InChI=1S/C15H12F2O3/c1-20-14-5-3-2-4-10(14)11-8-12(16)9(6-13(11)17)7-15(18)19/h2-6,8H,7H2,1H3,(H,18,19). The maximum atomic E-state index is 14.1. The molecule has 0 heterocycles. The predicted molar refractivity (Wildman–Crippen MR) is 69.7 cm³/mol. The molecule has 0 bridgehead atoms. The minimum atomic E-state index is -1.21. The van der Waals surface area contributed by atoms with Gasteiger partial charge in [0.25, 0.3) is 0 Å². The Hall–Kier alpha value is -2.43. The van der Waals surface area contributed by atoms with Gasteiger partial charge in [0.15, 0.2) is 0 Å². The van der Waals surface area contributed by atoms with Crippen LogP contribution >= 0.6 is 0 Å². The maximum absolute atomic E-state index is 14.1. The van der Waals surface area contributed by atoms with E-state index in [2.05, 4.69) is 0 Å². The van der Waals surface area contributed by atoms with Crippen molar-refractivity contribution in [3.63, 3.8) is 0 Å². The monoisotopic (exact) mass is 278 g/mol. The van der Waals surface area contributed by atoms with E-state index in [1.165, 1.54) is 7.11 Å². The summed E-state index contributed by atoms with van der Waals surface area (Å²) in [6, 6.07) is 8.54. The normalized spacial score (nSPS) is 10.3. The maximum Gasteiger partial charge on any atom is 0.307 e. The minimum absolute atomic E-state index is 0.0362. The molecule has 0 aliphatic carbocycles. The van der Waals surface area contributed by atoms with Gasteiger partial charge in [-0.2, -0.15) is 0 Å². The van der Waals surface area contributed by atoms with E-state index in [0.717, 1.165) is 12.1 Å². The summed E-state index contributed by atoms with van der Waals surface area (Å²) in [7, 11) is 1.44. The van der Waals surface area contributed by atoms with Crippen LogP contribution in [0.25, 0.3) is 11.1 Å². The van der Waals surface area contributed by atoms with Crippen molar-refractivity contribution in [3.05, 3.63) is 53.6 Å². The largest absolute Gasteiger partial charge is 0.496 e. The van der Waals surface area contributed by atoms with Crippen LogP contribution in [0, 0.1) is 11.6 Å². The molecule has 0 saturated heterocycles. The third kappa shape index (κ3) is 2.77. The third-order valence-corrected chi connectivity index (χ3v) is 2.87. The van der Waals surface area contributed by atoms with Crippen molar-refractivity contribution in [1.82, 2.24) is 0 Å². The summed E-state index contributed by atoms with van der Waals surface area (Å²) < 4.78 is 33.0. The van der Waals surface area contributed by atoms with Gasteiger partial charge in [-0.1, -0.05) is 18.2 Å². The Labute approximate surface area is 114 Å². The first-order valence-electron chi connectivity index (χ1n) is 5.86. The molecule has 2 aromatic carbocycles. The fourth-order valence-electron chi connectivity index (χ4n) is 1.96. The molecular formula is C15H12F2O3. The molecule has 0 fully saturated rings. The van der Waals surface area contributed by atoms with E-state index in [1.807, 2.05) is 0 Å². The fraction of sp³-hybridized carbons (Fsp3) is 0.133. The quantitative estimate of drug-likeness (QED) is 0.933. The zero-order valence-electron chi connectivity index (χ0n) is 10.7. The van der Waals surface area contributed by atoms with E-state index in [-0.39, 0.29) is 11.1 Å². The summed E-state index contributed by atoms with van der Waals surface area (Å²) in [5.41, 5.74) is 0.260. The lowest BCUT2D eigenvalue weighted by molar-refractivity contribution is -0.136. The van der Waals surface area contributed by atoms with Crippen LogP contribution in [0.3, 0.4) is 0 Å². The first-order valence-corrected chi connectivity index (χ1v) is 5.86. The van der Waals surface area contributed by atoms with Crippen LogP contribution in [0.1, 0.15) is 5.56 Å².